The second-order valence-corrected chi connectivity index (χ2v) is 19.6. The summed E-state index contributed by atoms with van der Waals surface area (Å²) >= 11 is 0. The van der Waals surface area contributed by atoms with Crippen molar-refractivity contribution in [1.82, 2.24) is 0 Å². The highest BCUT2D eigenvalue weighted by Gasteiger charge is 2.19. The Labute approximate surface area is 410 Å². The monoisotopic (exact) mass is 927 g/mol. The molecule has 1 atom stereocenters. The first kappa shape index (κ1) is 63.6. The molecule has 0 saturated carbocycles. The van der Waals surface area contributed by atoms with Crippen LogP contribution in [-0.2, 0) is 28.6 Å². The third-order valence-electron chi connectivity index (χ3n) is 12.9. The third-order valence-corrected chi connectivity index (χ3v) is 12.9. The highest BCUT2D eigenvalue weighted by molar-refractivity contribution is 5.71. The number of hydrogen-bond acceptors (Lipinski definition) is 6. The van der Waals surface area contributed by atoms with Crippen LogP contribution in [0.4, 0.5) is 0 Å². The summed E-state index contributed by atoms with van der Waals surface area (Å²) in [7, 11) is 0. The summed E-state index contributed by atoms with van der Waals surface area (Å²) in [6, 6.07) is 0. The van der Waals surface area contributed by atoms with Crippen molar-refractivity contribution < 1.29 is 28.6 Å². The molecule has 0 bridgehead atoms. The summed E-state index contributed by atoms with van der Waals surface area (Å²) < 4.78 is 16.8. The molecule has 6 heteroatoms. The highest BCUT2D eigenvalue weighted by atomic mass is 16.6. The lowest BCUT2D eigenvalue weighted by molar-refractivity contribution is -0.167. The minimum Gasteiger partial charge on any atom is -0.462 e. The molecule has 0 aliphatic rings. The van der Waals surface area contributed by atoms with Crippen LogP contribution in [-0.4, -0.2) is 37.2 Å². The maximum Gasteiger partial charge on any atom is 0.306 e. The Morgan fingerprint density at radius 3 is 0.879 bits per heavy atom. The lowest BCUT2D eigenvalue weighted by atomic mass is 10.0. The molecule has 386 valence electrons. The third kappa shape index (κ3) is 52.6. The molecule has 0 heterocycles. The van der Waals surface area contributed by atoms with E-state index in [-0.39, 0.29) is 31.1 Å². The molecule has 1 unspecified atom stereocenters. The van der Waals surface area contributed by atoms with Crippen molar-refractivity contribution in [1.29, 1.82) is 0 Å². The largest absolute Gasteiger partial charge is 0.462 e. The van der Waals surface area contributed by atoms with Gasteiger partial charge in [0, 0.05) is 19.3 Å². The molecular weight excluding hydrogens is 817 g/mol. The number of rotatable bonds is 53. The molecule has 0 aliphatic carbocycles. The number of esters is 3. The molecule has 0 aromatic rings. The summed E-state index contributed by atoms with van der Waals surface area (Å²) in [5.74, 6) is -0.877. The molecule has 6 nitrogen and oxygen atoms in total. The Morgan fingerprint density at radius 2 is 0.545 bits per heavy atom. The normalized spacial score (nSPS) is 12.2. The fraction of sp³-hybridized carbons (Fsp3) is 0.850. The molecule has 0 spiro atoms. The van der Waals surface area contributed by atoms with Gasteiger partial charge in [0.2, 0.25) is 0 Å². The summed E-state index contributed by atoms with van der Waals surface area (Å²) in [5, 5.41) is 0. The molecule has 66 heavy (non-hydrogen) atoms. The van der Waals surface area contributed by atoms with Gasteiger partial charge in [0.15, 0.2) is 6.10 Å². The average Bonchev–Trinajstić information content (AvgIpc) is 3.31. The highest BCUT2D eigenvalue weighted by Crippen LogP contribution is 2.17. The van der Waals surface area contributed by atoms with Crippen molar-refractivity contribution in [2.24, 2.45) is 0 Å². The van der Waals surface area contributed by atoms with Crippen LogP contribution in [0.3, 0.4) is 0 Å². The molecule has 0 aromatic heterocycles. The van der Waals surface area contributed by atoms with Gasteiger partial charge in [-0.2, -0.15) is 0 Å². The predicted octanol–water partition coefficient (Wildman–Crippen LogP) is 19.3. The van der Waals surface area contributed by atoms with Gasteiger partial charge in [0.25, 0.3) is 0 Å². The van der Waals surface area contributed by atoms with Gasteiger partial charge in [-0.15, -0.1) is 0 Å². The Hall–Kier alpha value is -2.37. The zero-order valence-corrected chi connectivity index (χ0v) is 44.2. The van der Waals surface area contributed by atoms with E-state index in [2.05, 4.69) is 57.2 Å². The van der Waals surface area contributed by atoms with Crippen molar-refractivity contribution >= 4 is 17.9 Å². The van der Waals surface area contributed by atoms with Crippen LogP contribution >= 0.6 is 0 Å². The van der Waals surface area contributed by atoms with Crippen molar-refractivity contribution in [2.45, 2.75) is 316 Å². The summed E-state index contributed by atoms with van der Waals surface area (Å²) in [5.41, 5.74) is 0. The molecule has 0 fully saturated rings. The Kier molecular flexibility index (Phi) is 53.2. The first-order chi connectivity index (χ1) is 32.5. The van der Waals surface area contributed by atoms with Gasteiger partial charge in [0.05, 0.1) is 0 Å². The molecule has 0 rings (SSSR count). The van der Waals surface area contributed by atoms with Crippen LogP contribution in [0.1, 0.15) is 310 Å². The lowest BCUT2D eigenvalue weighted by Gasteiger charge is -2.18. The van der Waals surface area contributed by atoms with Crippen LogP contribution in [0.25, 0.3) is 0 Å². The molecule has 0 aliphatic heterocycles. The van der Waals surface area contributed by atoms with Gasteiger partial charge in [-0.1, -0.05) is 269 Å². The quantitative estimate of drug-likeness (QED) is 0.0262. The number of hydrogen-bond donors (Lipinski definition) is 0. The Morgan fingerprint density at radius 1 is 0.303 bits per heavy atom. The van der Waals surface area contributed by atoms with Gasteiger partial charge < -0.3 is 14.2 Å². The Balaban J connectivity index is 4.17. The fourth-order valence-corrected chi connectivity index (χ4v) is 8.51. The number of ether oxygens (including phenoxy) is 3. The van der Waals surface area contributed by atoms with E-state index in [9.17, 15) is 14.4 Å². The summed E-state index contributed by atoms with van der Waals surface area (Å²) in [6.45, 7) is 6.60. The minimum atomic E-state index is -0.773. The number of carbonyl (C=O) groups excluding carboxylic acids is 3. The zero-order valence-electron chi connectivity index (χ0n) is 44.2. The predicted molar refractivity (Wildman–Crippen MR) is 284 cm³/mol. The lowest BCUT2D eigenvalue weighted by Crippen LogP contribution is -2.30. The van der Waals surface area contributed by atoms with E-state index in [1.807, 2.05) is 0 Å². The first-order valence-electron chi connectivity index (χ1n) is 29.0. The van der Waals surface area contributed by atoms with Crippen molar-refractivity contribution in [3.8, 4) is 0 Å². The van der Waals surface area contributed by atoms with E-state index < -0.39 is 6.10 Å². The molecule has 0 saturated heterocycles. The average molecular weight is 928 g/mol. The summed E-state index contributed by atoms with van der Waals surface area (Å²) in [6.07, 6.45) is 65.9. The van der Waals surface area contributed by atoms with Crippen LogP contribution < -0.4 is 0 Å². The van der Waals surface area contributed by atoms with Gasteiger partial charge in [0.1, 0.15) is 13.2 Å². The molecule has 0 aromatic carbocycles. The molecule has 0 radical (unpaired) electrons. The van der Waals surface area contributed by atoms with E-state index in [1.165, 1.54) is 193 Å². The van der Waals surface area contributed by atoms with Crippen LogP contribution in [0.5, 0.6) is 0 Å². The Bertz CT molecular complexity index is 1110. The van der Waals surface area contributed by atoms with Crippen LogP contribution in [0.2, 0.25) is 0 Å². The maximum atomic E-state index is 12.8. The fourth-order valence-electron chi connectivity index (χ4n) is 8.51. The summed E-state index contributed by atoms with van der Waals surface area (Å²) in [4.78, 5) is 37.9. The van der Waals surface area contributed by atoms with Crippen molar-refractivity contribution in [2.75, 3.05) is 13.2 Å². The maximum absolute atomic E-state index is 12.8. The van der Waals surface area contributed by atoms with E-state index in [0.717, 1.165) is 77.0 Å². The first-order valence-corrected chi connectivity index (χ1v) is 29.0. The second-order valence-electron chi connectivity index (χ2n) is 19.6. The van der Waals surface area contributed by atoms with E-state index in [1.54, 1.807) is 0 Å². The minimum absolute atomic E-state index is 0.0735. The molecule has 0 N–H and O–H groups in total. The topological polar surface area (TPSA) is 78.9 Å². The smallest absolute Gasteiger partial charge is 0.306 e. The van der Waals surface area contributed by atoms with Crippen LogP contribution in [0.15, 0.2) is 36.5 Å². The number of carbonyl (C=O) groups is 3. The van der Waals surface area contributed by atoms with E-state index in [0.29, 0.717) is 19.3 Å². The van der Waals surface area contributed by atoms with E-state index in [4.69, 9.17) is 14.2 Å². The van der Waals surface area contributed by atoms with Gasteiger partial charge >= 0.3 is 17.9 Å². The SMILES string of the molecule is CCCCC/C=C\C/C=C\C/C=C\CCCCCCCCC(=O)OC(COC(=O)CCCCCCCCC)COC(=O)CCCCCCCCCCCCCCCCCCCCCCCC. The zero-order chi connectivity index (χ0) is 47.9. The number of allylic oxidation sites excluding steroid dienone is 6. The van der Waals surface area contributed by atoms with Crippen molar-refractivity contribution in [3.05, 3.63) is 36.5 Å². The standard InChI is InChI=1S/C60H110O6/c1-4-7-10-13-16-18-20-22-24-26-28-29-30-32-33-35-37-39-41-44-47-50-53-59(62)65-56-57(55-64-58(61)52-49-46-43-15-12-9-6-3)66-60(63)54-51-48-45-42-40-38-36-34-31-27-25-23-21-19-17-14-11-8-5-2/h17,19,23,25,31,34,57H,4-16,18,20-22,24,26-30,32-33,35-56H2,1-3H3/b19-17-,25-23-,34-31-. The molecular formula is C60H110O6. The van der Waals surface area contributed by atoms with Crippen molar-refractivity contribution in [3.63, 3.8) is 0 Å². The van der Waals surface area contributed by atoms with Gasteiger partial charge in [-0.25, -0.2) is 0 Å². The second kappa shape index (κ2) is 55.2. The number of unbranched alkanes of at least 4 members (excludes halogenated alkanes) is 36. The molecule has 0 amide bonds. The van der Waals surface area contributed by atoms with E-state index >= 15 is 0 Å². The van der Waals surface area contributed by atoms with Gasteiger partial charge in [-0.3, -0.25) is 14.4 Å². The van der Waals surface area contributed by atoms with Gasteiger partial charge in [-0.05, 0) is 57.8 Å². The van der Waals surface area contributed by atoms with Crippen LogP contribution in [0, 0.1) is 0 Å².